The van der Waals surface area contributed by atoms with Crippen molar-refractivity contribution in [3.63, 3.8) is 0 Å². The highest BCUT2D eigenvalue weighted by Crippen LogP contribution is 2.38. The molecule has 0 radical (unpaired) electrons. The molecular formula is C18H23N3O3S. The molecule has 134 valence electrons. The number of ether oxygens (including phenoxy) is 3. The van der Waals surface area contributed by atoms with Gasteiger partial charge in [0.1, 0.15) is 0 Å². The second-order valence-electron chi connectivity index (χ2n) is 5.82. The van der Waals surface area contributed by atoms with Gasteiger partial charge in [0.05, 0.1) is 27.0 Å². The number of thioether (sulfide) groups is 1. The predicted molar refractivity (Wildman–Crippen MR) is 97.7 cm³/mol. The van der Waals surface area contributed by atoms with Gasteiger partial charge in [0.15, 0.2) is 16.7 Å². The third-order valence-corrected chi connectivity index (χ3v) is 4.87. The topological polar surface area (TPSA) is 56.7 Å². The highest BCUT2D eigenvalue weighted by molar-refractivity contribution is 7.98. The first-order valence-corrected chi connectivity index (χ1v) is 9.31. The van der Waals surface area contributed by atoms with E-state index in [-0.39, 0.29) is 0 Å². The fourth-order valence-corrected chi connectivity index (χ4v) is 3.43. The smallest absolute Gasteiger partial charge is 0.203 e. The molecule has 0 aliphatic carbocycles. The summed E-state index contributed by atoms with van der Waals surface area (Å²) in [5, 5.41) is 0.844. The minimum absolute atomic E-state index is 0.621. The fourth-order valence-electron chi connectivity index (χ4n) is 3.07. The molecule has 1 aromatic heterocycles. The molecule has 2 heterocycles. The average Bonchev–Trinajstić information content (AvgIpc) is 2.66. The Kier molecular flexibility index (Phi) is 5.65. The summed E-state index contributed by atoms with van der Waals surface area (Å²) >= 11 is 1.58. The molecule has 1 aliphatic heterocycles. The Morgan fingerprint density at radius 1 is 1.12 bits per heavy atom. The van der Waals surface area contributed by atoms with Crippen molar-refractivity contribution in [1.29, 1.82) is 0 Å². The molecule has 0 bridgehead atoms. The number of aromatic nitrogens is 2. The molecule has 1 aliphatic rings. The van der Waals surface area contributed by atoms with Crippen LogP contribution in [-0.2, 0) is 19.5 Å². The second kappa shape index (κ2) is 7.93. The van der Waals surface area contributed by atoms with Gasteiger partial charge in [-0.25, -0.2) is 9.97 Å². The number of methoxy groups -OCH3 is 3. The van der Waals surface area contributed by atoms with E-state index in [2.05, 4.69) is 14.9 Å². The Hall–Kier alpha value is -1.99. The van der Waals surface area contributed by atoms with Crippen LogP contribution in [0.1, 0.15) is 16.8 Å². The van der Waals surface area contributed by atoms with Crippen LogP contribution in [0.4, 0.5) is 0 Å². The first-order chi connectivity index (χ1) is 12.2. The van der Waals surface area contributed by atoms with Crippen LogP contribution in [0, 0.1) is 0 Å². The van der Waals surface area contributed by atoms with Crippen molar-refractivity contribution in [1.82, 2.24) is 14.9 Å². The maximum atomic E-state index is 5.44. The summed E-state index contributed by atoms with van der Waals surface area (Å²) in [5.74, 6) is 1.99. The summed E-state index contributed by atoms with van der Waals surface area (Å²) in [6.07, 6.45) is 4.90. The van der Waals surface area contributed by atoms with Gasteiger partial charge in [-0.15, -0.1) is 0 Å². The molecule has 0 unspecified atom stereocenters. The lowest BCUT2D eigenvalue weighted by atomic mass is 10.1. The maximum Gasteiger partial charge on any atom is 0.203 e. The third kappa shape index (κ3) is 3.82. The molecule has 0 amide bonds. The standard InChI is InChI=1S/C18H23N3O3S/c1-22-15-7-12(8-16(23-2)17(15)24-3)10-21-6-5-14-13(11-21)9-19-18(20-14)25-4/h7-9H,5-6,10-11H2,1-4H3. The Bertz CT molecular complexity index is 729. The number of hydrogen-bond acceptors (Lipinski definition) is 7. The summed E-state index contributed by atoms with van der Waals surface area (Å²) in [4.78, 5) is 11.4. The molecule has 0 atom stereocenters. The minimum atomic E-state index is 0.621. The van der Waals surface area contributed by atoms with E-state index < -0.39 is 0 Å². The van der Waals surface area contributed by atoms with Crippen molar-refractivity contribution in [2.45, 2.75) is 24.7 Å². The zero-order valence-corrected chi connectivity index (χ0v) is 15.9. The fraction of sp³-hybridized carbons (Fsp3) is 0.444. The number of fused-ring (bicyclic) bond motifs is 1. The number of benzene rings is 1. The van der Waals surface area contributed by atoms with Gasteiger partial charge in [-0.1, -0.05) is 11.8 Å². The highest BCUT2D eigenvalue weighted by Gasteiger charge is 2.20. The molecule has 3 rings (SSSR count). The quantitative estimate of drug-likeness (QED) is 0.579. The molecule has 7 heteroatoms. The molecule has 25 heavy (non-hydrogen) atoms. The van der Waals surface area contributed by atoms with Gasteiger partial charge >= 0.3 is 0 Å². The van der Waals surface area contributed by atoms with Crippen LogP contribution in [0.3, 0.4) is 0 Å². The number of rotatable bonds is 6. The van der Waals surface area contributed by atoms with Gasteiger partial charge in [-0.2, -0.15) is 0 Å². The molecule has 2 aromatic rings. The predicted octanol–water partition coefficient (Wildman–Crippen LogP) is 2.78. The summed E-state index contributed by atoms with van der Waals surface area (Å²) in [6, 6.07) is 4.01. The molecule has 0 spiro atoms. The summed E-state index contributed by atoms with van der Waals surface area (Å²) in [7, 11) is 4.89. The van der Waals surface area contributed by atoms with Crippen LogP contribution in [0.2, 0.25) is 0 Å². The molecule has 6 nitrogen and oxygen atoms in total. The lowest BCUT2D eigenvalue weighted by Crippen LogP contribution is -2.31. The summed E-state index contributed by atoms with van der Waals surface area (Å²) < 4.78 is 16.3. The van der Waals surface area contributed by atoms with E-state index in [4.69, 9.17) is 14.2 Å². The molecule has 0 fully saturated rings. The minimum Gasteiger partial charge on any atom is -0.493 e. The summed E-state index contributed by atoms with van der Waals surface area (Å²) in [6.45, 7) is 2.62. The first-order valence-electron chi connectivity index (χ1n) is 8.08. The van der Waals surface area contributed by atoms with E-state index in [1.807, 2.05) is 24.6 Å². The van der Waals surface area contributed by atoms with E-state index in [9.17, 15) is 0 Å². The van der Waals surface area contributed by atoms with Crippen LogP contribution in [-0.4, -0.2) is 49.0 Å². The summed E-state index contributed by atoms with van der Waals surface area (Å²) in [5.41, 5.74) is 3.50. The Balaban J connectivity index is 1.79. The van der Waals surface area contributed by atoms with Gasteiger partial charge in [0.2, 0.25) is 5.75 Å². The zero-order valence-electron chi connectivity index (χ0n) is 15.0. The van der Waals surface area contributed by atoms with Gasteiger partial charge in [0.25, 0.3) is 0 Å². The first kappa shape index (κ1) is 17.8. The molecule has 0 saturated carbocycles. The van der Waals surface area contributed by atoms with Crippen molar-refractivity contribution in [2.75, 3.05) is 34.1 Å². The van der Waals surface area contributed by atoms with Crippen molar-refractivity contribution >= 4 is 11.8 Å². The van der Waals surface area contributed by atoms with Crippen LogP contribution in [0.5, 0.6) is 17.2 Å². The van der Waals surface area contributed by atoms with E-state index in [1.54, 1.807) is 33.1 Å². The van der Waals surface area contributed by atoms with Crippen molar-refractivity contribution in [3.8, 4) is 17.2 Å². The normalized spacial score (nSPS) is 14.1. The van der Waals surface area contributed by atoms with Crippen LogP contribution < -0.4 is 14.2 Å². The average molecular weight is 361 g/mol. The SMILES string of the molecule is COc1cc(CN2CCc3nc(SC)ncc3C2)cc(OC)c1OC. The van der Waals surface area contributed by atoms with Crippen LogP contribution in [0.25, 0.3) is 0 Å². The Morgan fingerprint density at radius 2 is 1.84 bits per heavy atom. The van der Waals surface area contributed by atoms with Gasteiger partial charge in [-0.05, 0) is 24.0 Å². The van der Waals surface area contributed by atoms with Gasteiger partial charge in [0, 0.05) is 37.8 Å². The van der Waals surface area contributed by atoms with E-state index in [1.165, 1.54) is 11.3 Å². The maximum absolute atomic E-state index is 5.44. The van der Waals surface area contributed by atoms with Crippen LogP contribution >= 0.6 is 11.8 Å². The molecule has 0 saturated heterocycles. The van der Waals surface area contributed by atoms with Gasteiger partial charge in [-0.3, -0.25) is 4.90 Å². The van der Waals surface area contributed by atoms with Crippen molar-refractivity contribution in [3.05, 3.63) is 35.2 Å². The Morgan fingerprint density at radius 3 is 2.44 bits per heavy atom. The lowest BCUT2D eigenvalue weighted by molar-refractivity contribution is 0.241. The molecule has 0 N–H and O–H groups in total. The van der Waals surface area contributed by atoms with E-state index in [0.29, 0.717) is 17.2 Å². The molecular weight excluding hydrogens is 338 g/mol. The largest absolute Gasteiger partial charge is 0.493 e. The second-order valence-corrected chi connectivity index (χ2v) is 6.60. The third-order valence-electron chi connectivity index (χ3n) is 4.30. The van der Waals surface area contributed by atoms with E-state index in [0.717, 1.165) is 36.8 Å². The number of nitrogens with zero attached hydrogens (tertiary/aromatic N) is 3. The van der Waals surface area contributed by atoms with Crippen LogP contribution in [0.15, 0.2) is 23.5 Å². The van der Waals surface area contributed by atoms with E-state index >= 15 is 0 Å². The lowest BCUT2D eigenvalue weighted by Gasteiger charge is -2.28. The molecule has 1 aromatic carbocycles. The highest BCUT2D eigenvalue weighted by atomic mass is 32.2. The number of hydrogen-bond donors (Lipinski definition) is 0. The van der Waals surface area contributed by atoms with Crippen molar-refractivity contribution < 1.29 is 14.2 Å². The Labute approximate surface area is 152 Å². The monoisotopic (exact) mass is 361 g/mol. The van der Waals surface area contributed by atoms with Crippen molar-refractivity contribution in [2.24, 2.45) is 0 Å². The van der Waals surface area contributed by atoms with Gasteiger partial charge < -0.3 is 14.2 Å². The zero-order chi connectivity index (χ0) is 17.8.